The topological polar surface area (TPSA) is 58.2 Å². The van der Waals surface area contributed by atoms with E-state index in [0.29, 0.717) is 30.4 Å². The third kappa shape index (κ3) is 4.41. The van der Waals surface area contributed by atoms with E-state index in [1.165, 1.54) is 24.3 Å². The lowest BCUT2D eigenvalue weighted by molar-refractivity contribution is -0.126. The van der Waals surface area contributed by atoms with E-state index < -0.39 is 17.9 Å². The molecule has 0 radical (unpaired) electrons. The fourth-order valence-corrected chi connectivity index (χ4v) is 2.96. The summed E-state index contributed by atoms with van der Waals surface area (Å²) >= 11 is 0. The van der Waals surface area contributed by atoms with Crippen LogP contribution in [0.15, 0.2) is 48.5 Å². The number of amides is 2. The molecule has 2 atom stereocenters. The summed E-state index contributed by atoms with van der Waals surface area (Å²) in [4.78, 5) is 23.7. The molecular weight excluding hydrogens is 326 g/mol. The standard InChI is InChI=1S/C19H18F2N2O2/c20-14-5-1-3-12(9-14)10-17(13-4-2-6-15(21)11-13)23-19(25)16-7-8-18(24)22-16/h1-6,9,11,16-17H,7-8,10H2,(H,22,24)(H,23,25). The van der Waals surface area contributed by atoms with Gasteiger partial charge in [0.1, 0.15) is 17.7 Å². The lowest BCUT2D eigenvalue weighted by Crippen LogP contribution is -2.43. The number of hydrogen-bond donors (Lipinski definition) is 2. The van der Waals surface area contributed by atoms with Crippen LogP contribution in [0, 0.1) is 11.6 Å². The van der Waals surface area contributed by atoms with Gasteiger partial charge in [-0.3, -0.25) is 9.59 Å². The molecule has 130 valence electrons. The fourth-order valence-electron chi connectivity index (χ4n) is 2.96. The number of hydrogen-bond acceptors (Lipinski definition) is 2. The van der Waals surface area contributed by atoms with Crippen molar-refractivity contribution >= 4 is 11.8 Å². The Balaban J connectivity index is 1.81. The minimum Gasteiger partial charge on any atom is -0.347 e. The first-order valence-corrected chi connectivity index (χ1v) is 8.11. The van der Waals surface area contributed by atoms with E-state index in [2.05, 4.69) is 10.6 Å². The molecule has 25 heavy (non-hydrogen) atoms. The number of benzene rings is 2. The largest absolute Gasteiger partial charge is 0.347 e. The lowest BCUT2D eigenvalue weighted by Gasteiger charge is -2.22. The molecule has 3 rings (SSSR count). The Morgan fingerprint density at radius 2 is 1.88 bits per heavy atom. The van der Waals surface area contributed by atoms with E-state index in [1.54, 1.807) is 24.3 Å². The predicted molar refractivity (Wildman–Crippen MR) is 88.6 cm³/mol. The Kier molecular flexibility index (Phi) is 5.07. The molecule has 0 aromatic heterocycles. The van der Waals surface area contributed by atoms with Crippen LogP contribution < -0.4 is 10.6 Å². The number of halogens is 2. The highest BCUT2D eigenvalue weighted by Gasteiger charge is 2.29. The Hall–Kier alpha value is -2.76. The van der Waals surface area contributed by atoms with Gasteiger partial charge in [-0.2, -0.15) is 0 Å². The zero-order valence-electron chi connectivity index (χ0n) is 13.5. The molecule has 0 saturated carbocycles. The maximum absolute atomic E-state index is 13.6. The quantitative estimate of drug-likeness (QED) is 0.876. The minimum absolute atomic E-state index is 0.160. The van der Waals surface area contributed by atoms with Crippen molar-refractivity contribution < 1.29 is 18.4 Å². The highest BCUT2D eigenvalue weighted by molar-refractivity contribution is 5.91. The van der Waals surface area contributed by atoms with Crippen LogP contribution in [0.1, 0.15) is 30.0 Å². The van der Waals surface area contributed by atoms with Crippen molar-refractivity contribution in [3.8, 4) is 0 Å². The molecule has 0 spiro atoms. The van der Waals surface area contributed by atoms with E-state index in [9.17, 15) is 18.4 Å². The third-order valence-electron chi connectivity index (χ3n) is 4.21. The number of nitrogens with one attached hydrogen (secondary N) is 2. The average Bonchev–Trinajstić information content (AvgIpc) is 3.01. The van der Waals surface area contributed by atoms with Gasteiger partial charge in [-0.05, 0) is 48.2 Å². The second kappa shape index (κ2) is 7.42. The van der Waals surface area contributed by atoms with Crippen molar-refractivity contribution in [2.45, 2.75) is 31.3 Å². The number of carbonyl (C=O) groups is 2. The zero-order valence-corrected chi connectivity index (χ0v) is 13.5. The van der Waals surface area contributed by atoms with E-state index in [0.717, 1.165) is 0 Å². The van der Waals surface area contributed by atoms with Crippen LogP contribution in [0.25, 0.3) is 0 Å². The van der Waals surface area contributed by atoms with E-state index in [4.69, 9.17) is 0 Å². The van der Waals surface area contributed by atoms with Gasteiger partial charge >= 0.3 is 0 Å². The third-order valence-corrected chi connectivity index (χ3v) is 4.21. The first kappa shape index (κ1) is 17.1. The summed E-state index contributed by atoms with van der Waals surface area (Å²) in [6, 6.07) is 10.9. The summed E-state index contributed by atoms with van der Waals surface area (Å²) in [7, 11) is 0. The van der Waals surface area contributed by atoms with Crippen LogP contribution in [-0.4, -0.2) is 17.9 Å². The molecule has 4 nitrogen and oxygen atoms in total. The molecular formula is C19H18F2N2O2. The van der Waals surface area contributed by atoms with Crippen LogP contribution in [0.5, 0.6) is 0 Å². The summed E-state index contributed by atoms with van der Waals surface area (Å²) in [6.45, 7) is 0. The highest BCUT2D eigenvalue weighted by Crippen LogP contribution is 2.21. The maximum atomic E-state index is 13.6. The van der Waals surface area contributed by atoms with Gasteiger partial charge in [-0.25, -0.2) is 8.78 Å². The van der Waals surface area contributed by atoms with Gasteiger partial charge in [0.15, 0.2) is 0 Å². The van der Waals surface area contributed by atoms with Crippen LogP contribution >= 0.6 is 0 Å². The Bertz CT molecular complexity index is 794. The van der Waals surface area contributed by atoms with Crippen molar-refractivity contribution in [3.05, 3.63) is 71.3 Å². The predicted octanol–water partition coefficient (Wildman–Crippen LogP) is 2.64. The molecule has 1 heterocycles. The number of carbonyl (C=O) groups excluding carboxylic acids is 2. The smallest absolute Gasteiger partial charge is 0.243 e. The maximum Gasteiger partial charge on any atom is 0.243 e. The molecule has 0 aliphatic carbocycles. The SMILES string of the molecule is O=C1CCC(C(=O)NC(Cc2cccc(F)c2)c2cccc(F)c2)N1. The van der Waals surface area contributed by atoms with Crippen molar-refractivity contribution in [1.29, 1.82) is 0 Å². The molecule has 2 aromatic rings. The summed E-state index contributed by atoms with van der Waals surface area (Å²) in [5, 5.41) is 5.46. The second-order valence-corrected chi connectivity index (χ2v) is 6.11. The molecule has 2 N–H and O–H groups in total. The van der Waals surface area contributed by atoms with Crippen molar-refractivity contribution in [3.63, 3.8) is 0 Å². The molecule has 1 fully saturated rings. The molecule has 1 aliphatic rings. The molecule has 2 aromatic carbocycles. The van der Waals surface area contributed by atoms with Crippen LogP contribution in [0.2, 0.25) is 0 Å². The summed E-state index contributed by atoms with van der Waals surface area (Å²) < 4.78 is 27.0. The van der Waals surface area contributed by atoms with Crippen LogP contribution in [0.3, 0.4) is 0 Å². The van der Waals surface area contributed by atoms with Gasteiger partial charge in [0.05, 0.1) is 6.04 Å². The molecule has 6 heteroatoms. The average molecular weight is 344 g/mol. The zero-order chi connectivity index (χ0) is 17.8. The normalized spacial score (nSPS) is 17.8. The molecule has 2 amide bonds. The van der Waals surface area contributed by atoms with Crippen LogP contribution in [-0.2, 0) is 16.0 Å². The summed E-state index contributed by atoms with van der Waals surface area (Å²) in [5.74, 6) is -1.26. The van der Waals surface area contributed by atoms with Gasteiger partial charge in [0, 0.05) is 6.42 Å². The van der Waals surface area contributed by atoms with E-state index in [1.807, 2.05) is 0 Å². The van der Waals surface area contributed by atoms with E-state index >= 15 is 0 Å². The Morgan fingerprint density at radius 1 is 1.16 bits per heavy atom. The second-order valence-electron chi connectivity index (χ2n) is 6.11. The molecule has 1 saturated heterocycles. The van der Waals surface area contributed by atoms with Crippen LogP contribution in [0.4, 0.5) is 8.78 Å². The van der Waals surface area contributed by atoms with Crippen molar-refractivity contribution in [2.75, 3.05) is 0 Å². The van der Waals surface area contributed by atoms with Crippen molar-refractivity contribution in [2.24, 2.45) is 0 Å². The Labute approximate surface area is 144 Å². The van der Waals surface area contributed by atoms with Crippen molar-refractivity contribution in [1.82, 2.24) is 10.6 Å². The fraction of sp³-hybridized carbons (Fsp3) is 0.263. The Morgan fingerprint density at radius 3 is 2.52 bits per heavy atom. The van der Waals surface area contributed by atoms with Gasteiger partial charge in [-0.1, -0.05) is 24.3 Å². The molecule has 2 unspecified atom stereocenters. The number of rotatable bonds is 5. The minimum atomic E-state index is -0.587. The van der Waals surface area contributed by atoms with Gasteiger partial charge in [0.2, 0.25) is 11.8 Å². The summed E-state index contributed by atoms with van der Waals surface area (Å²) in [6.07, 6.45) is 1.06. The summed E-state index contributed by atoms with van der Waals surface area (Å²) in [5.41, 5.74) is 1.27. The monoisotopic (exact) mass is 344 g/mol. The molecule has 1 aliphatic heterocycles. The van der Waals surface area contributed by atoms with E-state index in [-0.39, 0.29) is 17.6 Å². The first-order valence-electron chi connectivity index (χ1n) is 8.11. The van der Waals surface area contributed by atoms with Gasteiger partial charge in [0.25, 0.3) is 0 Å². The lowest BCUT2D eigenvalue weighted by atomic mass is 9.98. The van der Waals surface area contributed by atoms with Gasteiger partial charge < -0.3 is 10.6 Å². The highest BCUT2D eigenvalue weighted by atomic mass is 19.1. The molecule has 0 bridgehead atoms. The first-order chi connectivity index (χ1) is 12.0. The van der Waals surface area contributed by atoms with Gasteiger partial charge in [-0.15, -0.1) is 0 Å².